The zero-order chi connectivity index (χ0) is 18.3. The van der Waals surface area contributed by atoms with E-state index in [2.05, 4.69) is 20.0 Å². The van der Waals surface area contributed by atoms with Crippen LogP contribution in [0.25, 0.3) is 5.78 Å². The van der Waals surface area contributed by atoms with Crippen LogP contribution in [0, 0.1) is 4.78 Å². The number of hydrogen-bond donors (Lipinski definition) is 1. The first kappa shape index (κ1) is 17.2. The Kier molecular flexibility index (Phi) is 4.32. The van der Waals surface area contributed by atoms with Crippen molar-refractivity contribution in [3.8, 4) is 0 Å². The molecule has 4 rings (SSSR count). The lowest BCUT2D eigenvalue weighted by atomic mass is 10.1. The van der Waals surface area contributed by atoms with Gasteiger partial charge in [0, 0.05) is 36.2 Å². The van der Waals surface area contributed by atoms with E-state index in [1.54, 1.807) is 16.6 Å². The second kappa shape index (κ2) is 6.51. The van der Waals surface area contributed by atoms with Gasteiger partial charge in [-0.25, -0.2) is 8.99 Å². The highest BCUT2D eigenvalue weighted by atomic mass is 35.5. The van der Waals surface area contributed by atoms with Gasteiger partial charge in [-0.3, -0.25) is 0 Å². The standard InChI is InChI=1S/C17H19ClN6OS/c1-26(19,25)13-6-4-12(5-7-13)10-14-15(18)22-17-20-11-21-24(17)16(14)23-8-2-3-9-23/h4-7,11,19H,2-3,8-10H2,1H3. The van der Waals surface area contributed by atoms with Crippen LogP contribution in [0.15, 0.2) is 35.5 Å². The van der Waals surface area contributed by atoms with Crippen LogP contribution in [0.3, 0.4) is 0 Å². The molecule has 7 nitrogen and oxygen atoms in total. The molecule has 0 radical (unpaired) electrons. The SMILES string of the molecule is CS(=N)(=O)c1ccc(Cc2c(Cl)nc3ncnn3c2N2CCCC2)cc1. The summed E-state index contributed by atoms with van der Waals surface area (Å²) in [5, 5.41) is 4.76. The largest absolute Gasteiger partial charge is 0.356 e. The number of halogens is 1. The van der Waals surface area contributed by atoms with E-state index in [4.69, 9.17) is 16.4 Å². The average Bonchev–Trinajstić information content (AvgIpc) is 3.26. The van der Waals surface area contributed by atoms with Gasteiger partial charge < -0.3 is 4.90 Å². The van der Waals surface area contributed by atoms with Crippen LogP contribution in [-0.2, 0) is 16.1 Å². The van der Waals surface area contributed by atoms with Crippen LogP contribution in [0.2, 0.25) is 5.15 Å². The van der Waals surface area contributed by atoms with Crippen LogP contribution in [0.4, 0.5) is 5.82 Å². The first-order chi connectivity index (χ1) is 12.4. The lowest BCUT2D eigenvalue weighted by molar-refractivity contribution is 0.679. The van der Waals surface area contributed by atoms with Gasteiger partial charge >= 0.3 is 0 Å². The van der Waals surface area contributed by atoms with E-state index in [1.165, 1.54) is 12.6 Å². The molecule has 0 amide bonds. The Balaban J connectivity index is 1.78. The molecule has 1 atom stereocenters. The molecule has 1 fully saturated rings. The predicted molar refractivity (Wildman–Crippen MR) is 102 cm³/mol. The van der Waals surface area contributed by atoms with Crippen molar-refractivity contribution in [3.05, 3.63) is 46.9 Å². The molecule has 136 valence electrons. The number of fused-ring (bicyclic) bond motifs is 1. The summed E-state index contributed by atoms with van der Waals surface area (Å²) >= 11 is 6.50. The maximum atomic E-state index is 11.9. The first-order valence-electron chi connectivity index (χ1n) is 8.39. The van der Waals surface area contributed by atoms with Gasteiger partial charge in [0.1, 0.15) is 17.3 Å². The third-order valence-electron chi connectivity index (χ3n) is 4.61. The van der Waals surface area contributed by atoms with Gasteiger partial charge in [0.2, 0.25) is 0 Å². The lowest BCUT2D eigenvalue weighted by Gasteiger charge is -2.22. The molecule has 2 aromatic heterocycles. The monoisotopic (exact) mass is 390 g/mol. The summed E-state index contributed by atoms with van der Waals surface area (Å²) in [4.78, 5) is 11.4. The molecule has 1 saturated heterocycles. The molecule has 1 aliphatic rings. The van der Waals surface area contributed by atoms with E-state index in [-0.39, 0.29) is 0 Å². The van der Waals surface area contributed by atoms with Gasteiger partial charge in [0.05, 0.1) is 9.73 Å². The molecular weight excluding hydrogens is 372 g/mol. The molecule has 26 heavy (non-hydrogen) atoms. The van der Waals surface area contributed by atoms with Crippen LogP contribution in [0.5, 0.6) is 0 Å². The van der Waals surface area contributed by atoms with Gasteiger partial charge in [-0.05, 0) is 30.5 Å². The molecule has 3 aromatic rings. The Labute approximate surface area is 157 Å². The molecule has 1 aliphatic heterocycles. The number of aromatic nitrogens is 4. The zero-order valence-electron chi connectivity index (χ0n) is 14.4. The molecule has 3 heterocycles. The minimum absolute atomic E-state index is 0.427. The van der Waals surface area contributed by atoms with Gasteiger partial charge in [0.15, 0.2) is 0 Å². The Morgan fingerprint density at radius 3 is 2.58 bits per heavy atom. The Bertz CT molecular complexity index is 1050. The summed E-state index contributed by atoms with van der Waals surface area (Å²) in [6.45, 7) is 1.91. The smallest absolute Gasteiger partial charge is 0.255 e. The second-order valence-corrected chi connectivity index (χ2v) is 9.05. The van der Waals surface area contributed by atoms with E-state index in [0.717, 1.165) is 42.9 Å². The van der Waals surface area contributed by atoms with Crippen LogP contribution in [0.1, 0.15) is 24.0 Å². The van der Waals surface area contributed by atoms with Crippen LogP contribution in [-0.4, -0.2) is 43.1 Å². The van der Waals surface area contributed by atoms with Crippen molar-refractivity contribution in [1.29, 1.82) is 4.78 Å². The van der Waals surface area contributed by atoms with E-state index in [0.29, 0.717) is 22.2 Å². The second-order valence-electron chi connectivity index (χ2n) is 6.54. The summed E-state index contributed by atoms with van der Waals surface area (Å²) in [7, 11) is -2.71. The maximum absolute atomic E-state index is 11.9. The quantitative estimate of drug-likeness (QED) is 0.692. The highest BCUT2D eigenvalue weighted by Gasteiger charge is 2.23. The fourth-order valence-electron chi connectivity index (χ4n) is 3.31. The third kappa shape index (κ3) is 3.14. The topological polar surface area (TPSA) is 87.2 Å². The fourth-order valence-corrected chi connectivity index (χ4v) is 4.20. The van der Waals surface area contributed by atoms with Crippen molar-refractivity contribution < 1.29 is 4.21 Å². The minimum Gasteiger partial charge on any atom is -0.356 e. The van der Waals surface area contributed by atoms with Gasteiger partial charge in [0.25, 0.3) is 5.78 Å². The molecule has 1 N–H and O–H groups in total. The zero-order valence-corrected chi connectivity index (χ0v) is 15.9. The Morgan fingerprint density at radius 1 is 1.23 bits per heavy atom. The van der Waals surface area contributed by atoms with Crippen molar-refractivity contribution in [2.24, 2.45) is 0 Å². The van der Waals surface area contributed by atoms with Crippen molar-refractivity contribution in [2.75, 3.05) is 24.2 Å². The van der Waals surface area contributed by atoms with E-state index >= 15 is 0 Å². The molecule has 0 spiro atoms. The van der Waals surface area contributed by atoms with Gasteiger partial charge in [-0.2, -0.15) is 19.6 Å². The third-order valence-corrected chi connectivity index (χ3v) is 6.09. The number of nitrogens with one attached hydrogen (secondary N) is 1. The molecular formula is C17H19ClN6OS. The van der Waals surface area contributed by atoms with Crippen molar-refractivity contribution in [2.45, 2.75) is 24.2 Å². The van der Waals surface area contributed by atoms with Crippen molar-refractivity contribution in [1.82, 2.24) is 19.6 Å². The summed E-state index contributed by atoms with van der Waals surface area (Å²) in [6.07, 6.45) is 5.77. The highest BCUT2D eigenvalue weighted by molar-refractivity contribution is 7.91. The first-order valence-corrected chi connectivity index (χ1v) is 10.7. The number of benzene rings is 1. The predicted octanol–water partition coefficient (Wildman–Crippen LogP) is 3.00. The molecule has 1 unspecified atom stereocenters. The molecule has 0 bridgehead atoms. The summed E-state index contributed by atoms with van der Waals surface area (Å²) in [5.74, 6) is 1.44. The average molecular weight is 391 g/mol. The highest BCUT2D eigenvalue weighted by Crippen LogP contribution is 2.31. The molecule has 1 aromatic carbocycles. The van der Waals surface area contributed by atoms with Crippen LogP contribution < -0.4 is 4.90 Å². The summed E-state index contributed by atoms with van der Waals surface area (Å²) in [6, 6.07) is 7.27. The lowest BCUT2D eigenvalue weighted by Crippen LogP contribution is -2.23. The van der Waals surface area contributed by atoms with Crippen LogP contribution >= 0.6 is 11.6 Å². The fraction of sp³-hybridized carbons (Fsp3) is 0.353. The van der Waals surface area contributed by atoms with E-state index in [9.17, 15) is 4.21 Å². The number of anilines is 1. The summed E-state index contributed by atoms with van der Waals surface area (Å²) < 4.78 is 21.3. The van der Waals surface area contributed by atoms with Gasteiger partial charge in [-0.15, -0.1) is 0 Å². The molecule has 9 heteroatoms. The van der Waals surface area contributed by atoms with Gasteiger partial charge in [-0.1, -0.05) is 23.7 Å². The number of nitrogens with zero attached hydrogens (tertiary/aromatic N) is 5. The molecule has 0 aliphatic carbocycles. The Morgan fingerprint density at radius 2 is 1.92 bits per heavy atom. The number of hydrogen-bond acceptors (Lipinski definition) is 6. The normalized spacial score (nSPS) is 16.9. The minimum atomic E-state index is -2.71. The van der Waals surface area contributed by atoms with Crippen molar-refractivity contribution in [3.63, 3.8) is 0 Å². The summed E-state index contributed by atoms with van der Waals surface area (Å²) in [5.41, 5.74) is 1.92. The van der Waals surface area contributed by atoms with Crippen molar-refractivity contribution >= 4 is 32.9 Å². The molecule has 0 saturated carbocycles. The van der Waals surface area contributed by atoms with E-state index in [1.807, 2.05) is 12.1 Å². The van der Waals surface area contributed by atoms with E-state index < -0.39 is 9.73 Å². The number of rotatable bonds is 4. The Hall–Kier alpha value is -2.19. The maximum Gasteiger partial charge on any atom is 0.255 e.